The number of hydrogen-bond acceptors (Lipinski definition) is 8. The fourth-order valence-electron chi connectivity index (χ4n) is 5.20. The molecule has 1 saturated heterocycles. The van der Waals surface area contributed by atoms with Crippen molar-refractivity contribution in [3.05, 3.63) is 70.0 Å². The minimum absolute atomic E-state index is 0.109. The van der Waals surface area contributed by atoms with Crippen LogP contribution >= 0.6 is 0 Å². The fourth-order valence-corrected chi connectivity index (χ4v) is 5.20. The van der Waals surface area contributed by atoms with Crippen molar-refractivity contribution in [2.24, 2.45) is 0 Å². The molecule has 2 fully saturated rings. The third-order valence-electron chi connectivity index (χ3n) is 6.97. The molecule has 1 aromatic heterocycles. The molecular weight excluding hydrogens is 434 g/mol. The van der Waals surface area contributed by atoms with Gasteiger partial charge in [-0.1, -0.05) is 31.0 Å². The summed E-state index contributed by atoms with van der Waals surface area (Å²) in [6.07, 6.45) is 4.61. The van der Waals surface area contributed by atoms with Crippen LogP contribution in [0.1, 0.15) is 49.2 Å². The highest BCUT2D eigenvalue weighted by atomic mass is 16.6. The second-order valence-electron chi connectivity index (χ2n) is 8.86. The van der Waals surface area contributed by atoms with E-state index in [-0.39, 0.29) is 16.7 Å². The Balaban J connectivity index is 1.42. The monoisotopic (exact) mass is 463 g/mol. The van der Waals surface area contributed by atoms with E-state index in [1.54, 1.807) is 19.2 Å². The van der Waals surface area contributed by atoms with Crippen LogP contribution in [0.15, 0.2) is 48.5 Å². The topological polar surface area (TPSA) is 102 Å². The van der Waals surface area contributed by atoms with Crippen LogP contribution in [0.25, 0.3) is 0 Å². The number of nitrogens with zero attached hydrogens (tertiary/aromatic N) is 7. The number of benzene rings is 2. The van der Waals surface area contributed by atoms with Crippen molar-refractivity contribution in [3.8, 4) is 5.75 Å². The molecule has 1 atom stereocenters. The lowest BCUT2D eigenvalue weighted by Crippen LogP contribution is -2.48. The Kier molecular flexibility index (Phi) is 6.39. The van der Waals surface area contributed by atoms with Crippen molar-refractivity contribution in [1.82, 2.24) is 25.1 Å². The second-order valence-corrected chi connectivity index (χ2v) is 8.86. The standard InChI is InChI=1S/C24H29N7O3/c1-34-22-9-5-4-8-21(22)23(24-25-26-27-30(24)19-6-2-3-7-19)29-16-14-28(15-17-29)18-10-12-20(13-11-18)31(32)33/h4-5,8-13,19,23H,2-3,6-7,14-17H2,1H3. The van der Waals surface area contributed by atoms with Crippen LogP contribution in [-0.2, 0) is 0 Å². The van der Waals surface area contributed by atoms with Gasteiger partial charge < -0.3 is 9.64 Å². The number of piperazine rings is 1. The quantitative estimate of drug-likeness (QED) is 0.387. The van der Waals surface area contributed by atoms with Crippen LogP contribution in [0.3, 0.4) is 0 Å². The number of nitro groups is 1. The first-order valence-corrected chi connectivity index (χ1v) is 11.8. The number of anilines is 1. The molecule has 2 aliphatic rings. The molecule has 1 aliphatic carbocycles. The molecule has 1 saturated carbocycles. The van der Waals surface area contributed by atoms with E-state index in [1.165, 1.54) is 12.8 Å². The lowest BCUT2D eigenvalue weighted by molar-refractivity contribution is -0.384. The van der Waals surface area contributed by atoms with Crippen molar-refractivity contribution in [3.63, 3.8) is 0 Å². The predicted molar refractivity (Wildman–Crippen MR) is 127 cm³/mol. The third kappa shape index (κ3) is 4.33. The average molecular weight is 464 g/mol. The van der Waals surface area contributed by atoms with Gasteiger partial charge >= 0.3 is 0 Å². The van der Waals surface area contributed by atoms with Crippen LogP contribution in [0.4, 0.5) is 11.4 Å². The van der Waals surface area contributed by atoms with E-state index in [2.05, 4.69) is 31.4 Å². The molecular formula is C24H29N7O3. The van der Waals surface area contributed by atoms with Crippen molar-refractivity contribution >= 4 is 11.4 Å². The summed E-state index contributed by atoms with van der Waals surface area (Å²) in [6.45, 7) is 3.21. The maximum absolute atomic E-state index is 11.0. The first-order chi connectivity index (χ1) is 16.7. The van der Waals surface area contributed by atoms with E-state index in [0.29, 0.717) is 6.04 Å². The minimum Gasteiger partial charge on any atom is -0.496 e. The van der Waals surface area contributed by atoms with Crippen LogP contribution in [-0.4, -0.2) is 63.3 Å². The highest BCUT2D eigenvalue weighted by molar-refractivity contribution is 5.51. The first-order valence-electron chi connectivity index (χ1n) is 11.8. The van der Waals surface area contributed by atoms with Gasteiger partial charge in [-0.25, -0.2) is 4.68 Å². The fraction of sp³-hybridized carbons (Fsp3) is 0.458. The molecule has 2 heterocycles. The van der Waals surface area contributed by atoms with Gasteiger partial charge in [0.15, 0.2) is 5.82 Å². The summed E-state index contributed by atoms with van der Waals surface area (Å²) in [5.41, 5.74) is 2.16. The van der Waals surface area contributed by atoms with Crippen molar-refractivity contribution in [2.45, 2.75) is 37.8 Å². The molecule has 0 N–H and O–H groups in total. The van der Waals surface area contributed by atoms with E-state index in [1.807, 2.05) is 35.0 Å². The van der Waals surface area contributed by atoms with Gasteiger partial charge in [0, 0.05) is 49.6 Å². The molecule has 0 radical (unpaired) electrons. The maximum atomic E-state index is 11.0. The molecule has 0 amide bonds. The van der Waals surface area contributed by atoms with Crippen LogP contribution in [0.5, 0.6) is 5.75 Å². The molecule has 10 heteroatoms. The lowest BCUT2D eigenvalue weighted by Gasteiger charge is -2.40. The van der Waals surface area contributed by atoms with Gasteiger partial charge in [-0.2, -0.15) is 0 Å². The largest absolute Gasteiger partial charge is 0.496 e. The first kappa shape index (κ1) is 22.3. The van der Waals surface area contributed by atoms with Crippen molar-refractivity contribution < 1.29 is 9.66 Å². The summed E-state index contributed by atoms with van der Waals surface area (Å²) in [7, 11) is 1.70. The molecule has 1 unspecified atom stereocenters. The summed E-state index contributed by atoms with van der Waals surface area (Å²) in [5, 5.41) is 24.0. The summed E-state index contributed by atoms with van der Waals surface area (Å²) >= 11 is 0. The average Bonchev–Trinajstić information content (AvgIpc) is 3.57. The Morgan fingerprint density at radius 1 is 1.03 bits per heavy atom. The molecule has 1 aliphatic heterocycles. The second kappa shape index (κ2) is 9.76. The number of hydrogen-bond donors (Lipinski definition) is 0. The zero-order valence-corrected chi connectivity index (χ0v) is 19.3. The van der Waals surface area contributed by atoms with E-state index in [0.717, 1.165) is 61.8 Å². The van der Waals surface area contributed by atoms with Crippen LogP contribution < -0.4 is 9.64 Å². The van der Waals surface area contributed by atoms with Crippen molar-refractivity contribution in [2.75, 3.05) is 38.2 Å². The predicted octanol–water partition coefficient (Wildman–Crippen LogP) is 3.62. The summed E-state index contributed by atoms with van der Waals surface area (Å²) in [6, 6.07) is 15.1. The molecule has 3 aromatic rings. The van der Waals surface area contributed by atoms with Crippen LogP contribution in [0.2, 0.25) is 0 Å². The number of rotatable bonds is 7. The third-order valence-corrected chi connectivity index (χ3v) is 6.97. The van der Waals surface area contributed by atoms with Gasteiger partial charge in [-0.15, -0.1) is 5.10 Å². The Hall–Kier alpha value is -3.53. The summed E-state index contributed by atoms with van der Waals surface area (Å²) < 4.78 is 7.77. The molecule has 0 bridgehead atoms. The normalized spacial score (nSPS) is 18.2. The molecule has 0 spiro atoms. The number of nitro benzene ring substituents is 1. The number of methoxy groups -OCH3 is 1. The Bertz CT molecular complexity index is 1120. The Morgan fingerprint density at radius 3 is 2.41 bits per heavy atom. The Labute approximate surface area is 198 Å². The van der Waals surface area contributed by atoms with Crippen molar-refractivity contribution in [1.29, 1.82) is 0 Å². The maximum Gasteiger partial charge on any atom is 0.269 e. The number of tetrazole rings is 1. The summed E-state index contributed by atoms with van der Waals surface area (Å²) in [5.74, 6) is 1.69. The molecule has 10 nitrogen and oxygen atoms in total. The summed E-state index contributed by atoms with van der Waals surface area (Å²) in [4.78, 5) is 15.3. The smallest absolute Gasteiger partial charge is 0.269 e. The molecule has 5 rings (SSSR count). The zero-order valence-electron chi connectivity index (χ0n) is 19.3. The highest BCUT2D eigenvalue weighted by Crippen LogP contribution is 2.37. The van der Waals surface area contributed by atoms with Gasteiger partial charge in [0.05, 0.1) is 18.1 Å². The van der Waals surface area contributed by atoms with E-state index in [9.17, 15) is 10.1 Å². The minimum atomic E-state index is -0.367. The van der Waals surface area contributed by atoms with Gasteiger partial charge in [-0.3, -0.25) is 15.0 Å². The zero-order chi connectivity index (χ0) is 23.5. The number of aromatic nitrogens is 4. The molecule has 2 aromatic carbocycles. The number of para-hydroxylation sites is 1. The van der Waals surface area contributed by atoms with Gasteiger partial charge in [0.2, 0.25) is 0 Å². The van der Waals surface area contributed by atoms with E-state index < -0.39 is 0 Å². The Morgan fingerprint density at radius 2 is 1.74 bits per heavy atom. The van der Waals surface area contributed by atoms with Crippen LogP contribution in [0, 0.1) is 10.1 Å². The highest BCUT2D eigenvalue weighted by Gasteiger charge is 2.34. The lowest BCUT2D eigenvalue weighted by atomic mass is 10.0. The molecule has 34 heavy (non-hydrogen) atoms. The number of non-ortho nitro benzene ring substituents is 1. The van der Waals surface area contributed by atoms with E-state index in [4.69, 9.17) is 4.74 Å². The van der Waals surface area contributed by atoms with E-state index >= 15 is 0 Å². The molecule has 178 valence electrons. The van der Waals surface area contributed by atoms with Gasteiger partial charge in [-0.05, 0) is 41.5 Å². The van der Waals surface area contributed by atoms with Gasteiger partial charge in [0.1, 0.15) is 11.8 Å². The number of ether oxygens (including phenoxy) is 1. The van der Waals surface area contributed by atoms with Gasteiger partial charge in [0.25, 0.3) is 5.69 Å². The SMILES string of the molecule is COc1ccccc1C(c1nnnn1C1CCCC1)N1CCN(c2ccc([N+](=O)[O-])cc2)CC1.